The minimum Gasteiger partial charge on any atom is -0.491 e. The molecule has 0 aliphatic rings. The van der Waals surface area contributed by atoms with Gasteiger partial charge in [0.05, 0.1) is 40.6 Å². The van der Waals surface area contributed by atoms with Gasteiger partial charge < -0.3 is 38.2 Å². The zero-order valence-corrected chi connectivity index (χ0v) is 37.3. The van der Waals surface area contributed by atoms with Gasteiger partial charge in [0.25, 0.3) is 0 Å². The van der Waals surface area contributed by atoms with Gasteiger partial charge in [0.2, 0.25) is 5.41 Å². The van der Waals surface area contributed by atoms with Crippen LogP contribution in [0.2, 0.25) is 0 Å². The molecule has 4 rings (SSSR count). The molecule has 0 aromatic heterocycles. The number of likely N-dealkylation sites (N-methyl/N-ethyl adjacent to an activating group) is 2. The van der Waals surface area contributed by atoms with Gasteiger partial charge in [-0.15, -0.1) is 0 Å². The average molecular weight is 937 g/mol. The fourth-order valence-corrected chi connectivity index (χ4v) is 6.90. The summed E-state index contributed by atoms with van der Waals surface area (Å²) in [5.74, 6) is -1.38. The van der Waals surface area contributed by atoms with Gasteiger partial charge in [-0.1, -0.05) is 48.5 Å². The molecule has 0 saturated heterocycles. The number of rotatable bonds is 24. The molecule has 0 atom stereocenters. The minimum absolute atomic E-state index is 0.0258. The molecule has 0 amide bonds. The number of nitrogens with zero attached hydrogens (tertiary/aromatic N) is 4. The van der Waals surface area contributed by atoms with Crippen LogP contribution in [0.3, 0.4) is 0 Å². The Kier molecular flexibility index (Phi) is 19.7. The summed E-state index contributed by atoms with van der Waals surface area (Å²) in [6.07, 6.45) is -8.74. The van der Waals surface area contributed by atoms with Gasteiger partial charge in [0.15, 0.2) is 0 Å². The Morgan fingerprint density at radius 2 is 0.881 bits per heavy atom. The minimum atomic E-state index is -5.79. The summed E-state index contributed by atoms with van der Waals surface area (Å²) in [6.45, 7) is 6.79. The van der Waals surface area contributed by atoms with Crippen molar-refractivity contribution in [2.24, 2.45) is 0 Å². The number of anilines is 2. The number of esters is 2. The van der Waals surface area contributed by atoms with E-state index in [0.717, 1.165) is 59.9 Å². The van der Waals surface area contributed by atoms with Gasteiger partial charge in [-0.25, -0.2) is 9.59 Å². The summed E-state index contributed by atoms with van der Waals surface area (Å²) in [7, 11) is 2.37. The van der Waals surface area contributed by atoms with Crippen LogP contribution in [0.1, 0.15) is 36.1 Å². The first-order valence-corrected chi connectivity index (χ1v) is 20.9. The molecule has 0 bridgehead atoms. The largest absolute Gasteiger partial charge is 0.491 e. The standard InChI is InChI=1S/C49H50F6N4O8/c1-5-58(41-15-7-35(8-16-41)31-37(33-56)45(60)62-3)23-25-64-27-29-66-43-19-11-39(12-20-43)47(48(50,51)52,49(53,54)55)40-13-21-44(22-14-40)67-30-28-65-26-24-59(6-2)42-17-9-36(10-18-42)32-38(34-57)46(61)63-4/h7-22,31-32H,5-6,23-30H2,1-4H3/b37-31+,38-32+. The number of carbonyl (C=O) groups excluding carboxylic acids is 2. The third kappa shape index (κ3) is 14.0. The van der Waals surface area contributed by atoms with Crippen molar-refractivity contribution in [1.82, 2.24) is 0 Å². The molecular formula is C49H50F6N4O8. The third-order valence-electron chi connectivity index (χ3n) is 10.4. The molecule has 0 aliphatic heterocycles. The first-order chi connectivity index (χ1) is 32.1. The van der Waals surface area contributed by atoms with Crippen LogP contribution in [-0.2, 0) is 34.0 Å². The number of carbonyl (C=O) groups is 2. The van der Waals surface area contributed by atoms with Crippen LogP contribution < -0.4 is 19.3 Å². The highest BCUT2D eigenvalue weighted by Gasteiger charge is 2.72. The van der Waals surface area contributed by atoms with Crippen LogP contribution in [-0.4, -0.2) is 104 Å². The van der Waals surface area contributed by atoms with E-state index in [1.54, 1.807) is 36.4 Å². The lowest BCUT2D eigenvalue weighted by Crippen LogP contribution is -2.54. The number of benzene rings is 4. The van der Waals surface area contributed by atoms with E-state index < -0.39 is 40.8 Å². The van der Waals surface area contributed by atoms with Crippen LogP contribution in [0.25, 0.3) is 12.2 Å². The maximum atomic E-state index is 14.8. The highest BCUT2D eigenvalue weighted by Crippen LogP contribution is 2.56. The summed E-state index contributed by atoms with van der Waals surface area (Å²) in [4.78, 5) is 27.4. The van der Waals surface area contributed by atoms with Crippen molar-refractivity contribution < 1.29 is 64.4 Å². The van der Waals surface area contributed by atoms with E-state index in [4.69, 9.17) is 18.9 Å². The summed E-state index contributed by atoms with van der Waals surface area (Å²) in [5, 5.41) is 18.4. The van der Waals surface area contributed by atoms with Gasteiger partial charge in [0.1, 0.15) is 48.0 Å². The van der Waals surface area contributed by atoms with Crippen LogP contribution in [0.5, 0.6) is 11.5 Å². The molecule has 12 nitrogen and oxygen atoms in total. The second-order valence-electron chi connectivity index (χ2n) is 14.4. The third-order valence-corrected chi connectivity index (χ3v) is 10.4. The van der Waals surface area contributed by atoms with Crippen molar-refractivity contribution in [3.05, 3.63) is 130 Å². The molecule has 0 radical (unpaired) electrons. The molecule has 4 aromatic rings. The number of nitriles is 2. The van der Waals surface area contributed by atoms with Crippen molar-refractivity contribution in [1.29, 1.82) is 10.5 Å². The molecule has 0 N–H and O–H groups in total. The molecule has 0 spiro atoms. The topological polar surface area (TPSA) is 144 Å². The zero-order chi connectivity index (χ0) is 49.0. The maximum absolute atomic E-state index is 14.8. The number of halogens is 6. The molecule has 4 aromatic carbocycles. The molecule has 18 heteroatoms. The molecule has 0 aliphatic carbocycles. The fraction of sp³-hybridized carbons (Fsp3) is 0.347. The number of ether oxygens (including phenoxy) is 6. The number of methoxy groups -OCH3 is 2. The summed E-state index contributed by atoms with van der Waals surface area (Å²) in [5.41, 5.74) is -3.75. The number of alkyl halides is 6. The van der Waals surface area contributed by atoms with E-state index >= 15 is 0 Å². The average Bonchev–Trinajstić information content (AvgIpc) is 3.32. The van der Waals surface area contributed by atoms with Crippen LogP contribution in [0.15, 0.2) is 108 Å². The van der Waals surface area contributed by atoms with Crippen LogP contribution in [0, 0.1) is 22.7 Å². The lowest BCUT2D eigenvalue weighted by atomic mass is 9.73. The number of hydrogen-bond donors (Lipinski definition) is 0. The van der Waals surface area contributed by atoms with E-state index in [1.807, 2.05) is 47.9 Å². The monoisotopic (exact) mass is 936 g/mol. The predicted octanol–water partition coefficient (Wildman–Crippen LogP) is 9.10. The van der Waals surface area contributed by atoms with E-state index in [-0.39, 0.29) is 62.3 Å². The molecule has 0 saturated carbocycles. The van der Waals surface area contributed by atoms with E-state index in [9.17, 15) is 46.5 Å². The van der Waals surface area contributed by atoms with E-state index in [0.29, 0.717) is 37.3 Å². The van der Waals surface area contributed by atoms with Gasteiger partial charge in [-0.2, -0.15) is 36.9 Å². The van der Waals surface area contributed by atoms with Crippen molar-refractivity contribution >= 4 is 35.5 Å². The quantitative estimate of drug-likeness (QED) is 0.0217. The summed E-state index contributed by atoms with van der Waals surface area (Å²) >= 11 is 0. The predicted molar refractivity (Wildman–Crippen MR) is 238 cm³/mol. The summed E-state index contributed by atoms with van der Waals surface area (Å²) < 4.78 is 121. The Labute approximate surface area is 385 Å². The molecule has 0 heterocycles. The lowest BCUT2D eigenvalue weighted by molar-refractivity contribution is -0.288. The van der Waals surface area contributed by atoms with E-state index in [1.165, 1.54) is 26.4 Å². The van der Waals surface area contributed by atoms with Gasteiger partial charge in [-0.05, 0) is 96.8 Å². The van der Waals surface area contributed by atoms with Crippen molar-refractivity contribution in [3.63, 3.8) is 0 Å². The molecular weight excluding hydrogens is 887 g/mol. The highest BCUT2D eigenvalue weighted by molar-refractivity contribution is 5.98. The van der Waals surface area contributed by atoms with Crippen LogP contribution >= 0.6 is 0 Å². The highest BCUT2D eigenvalue weighted by atomic mass is 19.4. The molecule has 356 valence electrons. The van der Waals surface area contributed by atoms with Crippen molar-refractivity contribution in [3.8, 4) is 23.6 Å². The SMILES string of the molecule is CCN(CCOCCOc1ccc(C(c2ccc(OCCOCCN(CC)c3ccc(/C=C(\C#N)C(=O)OC)cc3)cc2)(C(F)(F)F)C(F)(F)F)cc1)c1ccc(/C=C(\C#N)C(=O)OC)cc1. The Morgan fingerprint density at radius 1 is 0.537 bits per heavy atom. The van der Waals surface area contributed by atoms with Gasteiger partial charge in [0, 0.05) is 37.6 Å². The van der Waals surface area contributed by atoms with Crippen molar-refractivity contribution in [2.45, 2.75) is 31.6 Å². The Bertz CT molecular complexity index is 2190. The zero-order valence-electron chi connectivity index (χ0n) is 37.3. The first-order valence-electron chi connectivity index (χ1n) is 20.9. The fourth-order valence-electron chi connectivity index (χ4n) is 6.90. The van der Waals surface area contributed by atoms with Gasteiger partial charge in [-0.3, -0.25) is 0 Å². The Balaban J connectivity index is 1.28. The lowest BCUT2D eigenvalue weighted by Gasteiger charge is -2.38. The van der Waals surface area contributed by atoms with Gasteiger partial charge >= 0.3 is 24.3 Å². The maximum Gasteiger partial charge on any atom is 0.411 e. The van der Waals surface area contributed by atoms with E-state index in [2.05, 4.69) is 9.47 Å². The Hall–Kier alpha value is -7.02. The molecule has 0 fully saturated rings. The van der Waals surface area contributed by atoms with Crippen LogP contribution in [0.4, 0.5) is 37.7 Å². The summed E-state index contributed by atoms with van der Waals surface area (Å²) in [6, 6.07) is 25.1. The smallest absolute Gasteiger partial charge is 0.411 e. The Morgan fingerprint density at radius 3 is 1.16 bits per heavy atom. The first kappa shape index (κ1) is 52.6. The second kappa shape index (κ2) is 25.0. The number of hydrogen-bond acceptors (Lipinski definition) is 12. The molecule has 0 unspecified atom stereocenters. The van der Waals surface area contributed by atoms with Crippen molar-refractivity contribution in [2.75, 3.05) is 89.8 Å². The normalized spacial score (nSPS) is 12.1. The second-order valence-corrected chi connectivity index (χ2v) is 14.4. The molecule has 67 heavy (non-hydrogen) atoms.